The van der Waals surface area contributed by atoms with Gasteiger partial charge in [0.25, 0.3) is 0 Å². The highest BCUT2D eigenvalue weighted by atomic mass is 35.5. The standard InChI is InChI=1S/C19H17ClFNO4/c20-15-10-13(4-5-16(15)21)17-11-22(6-7-26-17)18(23)9-12-2-1-3-14(8-12)19(24)25/h1-5,8,10,17H,6-7,9,11H2,(H,24,25). The van der Waals surface area contributed by atoms with Crippen molar-refractivity contribution >= 4 is 23.5 Å². The molecular formula is C19H17ClFNO4. The minimum atomic E-state index is -1.03. The number of amides is 1. The topological polar surface area (TPSA) is 66.8 Å². The van der Waals surface area contributed by atoms with Crippen LogP contribution in [0.3, 0.4) is 0 Å². The molecule has 0 radical (unpaired) electrons. The van der Waals surface area contributed by atoms with Crippen LogP contribution >= 0.6 is 11.6 Å². The predicted molar refractivity (Wildman–Crippen MR) is 93.8 cm³/mol. The average molecular weight is 378 g/mol. The van der Waals surface area contributed by atoms with E-state index >= 15 is 0 Å². The van der Waals surface area contributed by atoms with E-state index in [0.717, 1.165) is 0 Å². The molecule has 0 saturated carbocycles. The van der Waals surface area contributed by atoms with Crippen molar-refractivity contribution in [1.29, 1.82) is 0 Å². The van der Waals surface area contributed by atoms with Gasteiger partial charge in [-0.3, -0.25) is 4.79 Å². The lowest BCUT2D eigenvalue weighted by Crippen LogP contribution is -2.43. The Morgan fingerprint density at radius 3 is 2.81 bits per heavy atom. The summed E-state index contributed by atoms with van der Waals surface area (Å²) in [7, 11) is 0. The molecule has 3 rings (SSSR count). The lowest BCUT2D eigenvalue weighted by Gasteiger charge is -2.33. The van der Waals surface area contributed by atoms with E-state index < -0.39 is 11.8 Å². The third-order valence-corrected chi connectivity index (χ3v) is 4.55. The summed E-state index contributed by atoms with van der Waals surface area (Å²) in [5.41, 5.74) is 1.50. The van der Waals surface area contributed by atoms with Crippen LogP contribution in [0.25, 0.3) is 0 Å². The number of benzene rings is 2. The van der Waals surface area contributed by atoms with Gasteiger partial charge in [-0.05, 0) is 35.4 Å². The number of carbonyl (C=O) groups excluding carboxylic acids is 1. The molecule has 1 unspecified atom stereocenters. The maximum absolute atomic E-state index is 13.3. The number of carboxylic acid groups (broad SMARTS) is 1. The number of morpholine rings is 1. The lowest BCUT2D eigenvalue weighted by atomic mass is 10.1. The highest BCUT2D eigenvalue weighted by Gasteiger charge is 2.26. The highest BCUT2D eigenvalue weighted by Crippen LogP contribution is 2.26. The van der Waals surface area contributed by atoms with E-state index in [1.165, 1.54) is 24.3 Å². The summed E-state index contributed by atoms with van der Waals surface area (Å²) < 4.78 is 19.0. The largest absolute Gasteiger partial charge is 0.478 e. The van der Waals surface area contributed by atoms with Gasteiger partial charge in [-0.25, -0.2) is 9.18 Å². The number of ether oxygens (including phenoxy) is 1. The molecule has 0 bridgehead atoms. The lowest BCUT2D eigenvalue weighted by molar-refractivity contribution is -0.138. The van der Waals surface area contributed by atoms with Crippen LogP contribution in [0.2, 0.25) is 5.02 Å². The van der Waals surface area contributed by atoms with Crippen molar-refractivity contribution in [2.24, 2.45) is 0 Å². The van der Waals surface area contributed by atoms with Gasteiger partial charge < -0.3 is 14.7 Å². The molecule has 1 heterocycles. The molecule has 1 aliphatic rings. The zero-order valence-electron chi connectivity index (χ0n) is 13.8. The van der Waals surface area contributed by atoms with Gasteiger partial charge >= 0.3 is 5.97 Å². The molecule has 136 valence electrons. The monoisotopic (exact) mass is 377 g/mol. The van der Waals surface area contributed by atoms with E-state index in [-0.39, 0.29) is 29.0 Å². The van der Waals surface area contributed by atoms with E-state index in [9.17, 15) is 14.0 Å². The Morgan fingerprint density at radius 1 is 1.27 bits per heavy atom. The van der Waals surface area contributed by atoms with Crippen molar-refractivity contribution in [1.82, 2.24) is 4.90 Å². The number of hydrogen-bond acceptors (Lipinski definition) is 3. The fraction of sp³-hybridized carbons (Fsp3) is 0.263. The zero-order valence-corrected chi connectivity index (χ0v) is 14.6. The summed E-state index contributed by atoms with van der Waals surface area (Å²) in [5, 5.41) is 9.06. The fourth-order valence-corrected chi connectivity index (χ4v) is 3.08. The number of rotatable bonds is 4. The van der Waals surface area contributed by atoms with Gasteiger partial charge in [0.2, 0.25) is 5.91 Å². The van der Waals surface area contributed by atoms with Crippen LogP contribution in [0.5, 0.6) is 0 Å². The molecule has 0 spiro atoms. The summed E-state index contributed by atoms with van der Waals surface area (Å²) in [6, 6.07) is 10.7. The van der Waals surface area contributed by atoms with Crippen molar-refractivity contribution in [2.75, 3.05) is 19.7 Å². The van der Waals surface area contributed by atoms with Gasteiger partial charge in [0.1, 0.15) is 11.9 Å². The quantitative estimate of drug-likeness (QED) is 0.887. The minimum absolute atomic E-state index is 0.0139. The van der Waals surface area contributed by atoms with Crippen LogP contribution in [0.1, 0.15) is 27.6 Å². The van der Waals surface area contributed by atoms with Gasteiger partial charge in [0, 0.05) is 6.54 Å². The van der Waals surface area contributed by atoms with Crippen molar-refractivity contribution in [3.05, 3.63) is 70.0 Å². The number of carbonyl (C=O) groups is 2. The first-order valence-corrected chi connectivity index (χ1v) is 8.48. The molecular weight excluding hydrogens is 361 g/mol. The number of carboxylic acids is 1. The summed E-state index contributed by atoms with van der Waals surface area (Å²) in [6.07, 6.45) is -0.269. The molecule has 0 aliphatic carbocycles. The molecule has 1 fully saturated rings. The second-order valence-corrected chi connectivity index (χ2v) is 6.46. The first kappa shape index (κ1) is 18.4. The second kappa shape index (κ2) is 7.85. The summed E-state index contributed by atoms with van der Waals surface area (Å²) in [6.45, 7) is 1.14. The summed E-state index contributed by atoms with van der Waals surface area (Å²) in [4.78, 5) is 25.3. The third kappa shape index (κ3) is 4.20. The average Bonchev–Trinajstić information content (AvgIpc) is 2.64. The van der Waals surface area contributed by atoms with Crippen molar-refractivity contribution in [2.45, 2.75) is 12.5 Å². The highest BCUT2D eigenvalue weighted by molar-refractivity contribution is 6.30. The minimum Gasteiger partial charge on any atom is -0.478 e. The Hall–Kier alpha value is -2.44. The van der Waals surface area contributed by atoms with Crippen LogP contribution in [0.4, 0.5) is 4.39 Å². The van der Waals surface area contributed by atoms with Gasteiger partial charge in [-0.15, -0.1) is 0 Å². The van der Waals surface area contributed by atoms with Crippen LogP contribution in [0, 0.1) is 5.82 Å². The van der Waals surface area contributed by atoms with Gasteiger partial charge in [-0.2, -0.15) is 0 Å². The van der Waals surface area contributed by atoms with Gasteiger partial charge in [0.05, 0.1) is 30.2 Å². The molecule has 0 aromatic heterocycles. The van der Waals surface area contributed by atoms with Crippen LogP contribution in [-0.4, -0.2) is 41.6 Å². The maximum Gasteiger partial charge on any atom is 0.335 e. The smallest absolute Gasteiger partial charge is 0.335 e. The van der Waals surface area contributed by atoms with Crippen LogP contribution < -0.4 is 0 Å². The molecule has 26 heavy (non-hydrogen) atoms. The number of nitrogens with zero attached hydrogens (tertiary/aromatic N) is 1. The molecule has 2 aromatic rings. The molecule has 1 saturated heterocycles. The Labute approximate surface area is 154 Å². The zero-order chi connectivity index (χ0) is 18.7. The van der Waals surface area contributed by atoms with E-state index in [2.05, 4.69) is 0 Å². The van der Waals surface area contributed by atoms with Crippen LogP contribution in [-0.2, 0) is 16.0 Å². The van der Waals surface area contributed by atoms with E-state index in [4.69, 9.17) is 21.4 Å². The van der Waals surface area contributed by atoms with Gasteiger partial charge in [0.15, 0.2) is 0 Å². The van der Waals surface area contributed by atoms with Crippen LogP contribution in [0.15, 0.2) is 42.5 Å². The molecule has 5 nitrogen and oxygen atoms in total. The number of aromatic carboxylic acids is 1. The summed E-state index contributed by atoms with van der Waals surface area (Å²) >= 11 is 5.82. The maximum atomic E-state index is 13.3. The van der Waals surface area contributed by atoms with E-state index in [1.807, 2.05) is 0 Å². The van der Waals surface area contributed by atoms with Crippen molar-refractivity contribution in [3.63, 3.8) is 0 Å². The summed E-state index contributed by atoms with van der Waals surface area (Å²) in [5.74, 6) is -1.65. The normalized spacial score (nSPS) is 17.2. The molecule has 7 heteroatoms. The molecule has 1 aliphatic heterocycles. The fourth-order valence-electron chi connectivity index (χ4n) is 2.89. The molecule has 2 aromatic carbocycles. The van der Waals surface area contributed by atoms with Gasteiger partial charge in [-0.1, -0.05) is 29.8 Å². The van der Waals surface area contributed by atoms with E-state index in [0.29, 0.717) is 30.8 Å². The molecule has 1 atom stereocenters. The Morgan fingerprint density at radius 2 is 2.08 bits per heavy atom. The Kier molecular flexibility index (Phi) is 5.54. The first-order valence-electron chi connectivity index (χ1n) is 8.10. The van der Waals surface area contributed by atoms with Crippen molar-refractivity contribution < 1.29 is 23.8 Å². The van der Waals surface area contributed by atoms with E-state index in [1.54, 1.807) is 23.1 Å². The number of hydrogen-bond donors (Lipinski definition) is 1. The first-order chi connectivity index (χ1) is 12.4. The SMILES string of the molecule is O=C(O)c1cccc(CC(=O)N2CCOC(c3ccc(F)c(Cl)c3)C2)c1. The second-order valence-electron chi connectivity index (χ2n) is 6.06. The third-order valence-electron chi connectivity index (χ3n) is 4.26. The predicted octanol–water partition coefficient (Wildman–Crippen LogP) is 3.32. The Balaban J connectivity index is 1.69. The van der Waals surface area contributed by atoms with Crippen molar-refractivity contribution in [3.8, 4) is 0 Å². The number of halogens is 2. The molecule has 1 amide bonds. The molecule has 1 N–H and O–H groups in total. The Bertz CT molecular complexity index is 842.